The molecule has 0 radical (unpaired) electrons. The molecule has 30 heavy (non-hydrogen) atoms. The Bertz CT molecular complexity index is 896. The maximum Gasteiger partial charge on any atom is 0.321 e. The summed E-state index contributed by atoms with van der Waals surface area (Å²) in [6.07, 6.45) is 4.08. The Hall–Kier alpha value is -3.42. The van der Waals surface area contributed by atoms with Crippen molar-refractivity contribution in [2.45, 2.75) is 38.3 Å². The lowest BCUT2D eigenvalue weighted by Gasteiger charge is -2.13. The van der Waals surface area contributed by atoms with Crippen LogP contribution >= 0.6 is 0 Å². The van der Waals surface area contributed by atoms with Crippen LogP contribution in [-0.4, -0.2) is 30.4 Å². The van der Waals surface area contributed by atoms with E-state index < -0.39 is 11.9 Å². The number of hydrogen-bond donors (Lipinski definition) is 4. The smallest absolute Gasteiger partial charge is 0.321 e. The molecule has 8 heteroatoms. The molecule has 0 spiro atoms. The van der Waals surface area contributed by atoms with Crippen LogP contribution in [0.4, 0.5) is 14.9 Å². The molecule has 0 heterocycles. The van der Waals surface area contributed by atoms with Gasteiger partial charge in [-0.15, -0.1) is 0 Å². The number of urea groups is 1. The Labute approximate surface area is 174 Å². The summed E-state index contributed by atoms with van der Waals surface area (Å²) in [5, 5.41) is 10.7. The Kier molecular flexibility index (Phi) is 7.37. The molecule has 158 valence electrons. The van der Waals surface area contributed by atoms with Crippen LogP contribution in [0.25, 0.3) is 0 Å². The monoisotopic (exact) mass is 412 g/mol. The first kappa shape index (κ1) is 21.3. The van der Waals surface area contributed by atoms with E-state index in [2.05, 4.69) is 21.3 Å². The Morgan fingerprint density at radius 1 is 0.967 bits per heavy atom. The van der Waals surface area contributed by atoms with E-state index in [0.717, 1.165) is 25.7 Å². The van der Waals surface area contributed by atoms with Crippen molar-refractivity contribution in [3.63, 3.8) is 0 Å². The number of carbonyl (C=O) groups is 3. The highest BCUT2D eigenvalue weighted by Gasteiger charge is 2.18. The first-order valence-electron chi connectivity index (χ1n) is 9.97. The summed E-state index contributed by atoms with van der Waals surface area (Å²) in [6, 6.07) is 12.4. The molecule has 2 aromatic rings. The highest BCUT2D eigenvalue weighted by atomic mass is 19.1. The minimum atomic E-state index is -0.476. The summed E-state index contributed by atoms with van der Waals surface area (Å²) < 4.78 is 13.6. The molecule has 1 saturated carbocycles. The van der Waals surface area contributed by atoms with Gasteiger partial charge in [-0.25, -0.2) is 9.18 Å². The van der Waals surface area contributed by atoms with Crippen molar-refractivity contribution in [2.75, 3.05) is 11.9 Å². The first-order valence-corrected chi connectivity index (χ1v) is 9.97. The third-order valence-corrected chi connectivity index (χ3v) is 4.94. The maximum atomic E-state index is 13.6. The van der Waals surface area contributed by atoms with Crippen molar-refractivity contribution < 1.29 is 18.8 Å². The summed E-state index contributed by atoms with van der Waals surface area (Å²) in [5.41, 5.74) is 1.46. The van der Waals surface area contributed by atoms with Crippen LogP contribution in [0.15, 0.2) is 48.5 Å². The van der Waals surface area contributed by atoms with Gasteiger partial charge in [0.05, 0.1) is 6.54 Å². The molecular weight excluding hydrogens is 387 g/mol. The number of nitrogens with one attached hydrogen (secondary N) is 4. The van der Waals surface area contributed by atoms with Gasteiger partial charge in [-0.2, -0.15) is 0 Å². The summed E-state index contributed by atoms with van der Waals surface area (Å²) >= 11 is 0. The molecule has 1 fully saturated rings. The van der Waals surface area contributed by atoms with Gasteiger partial charge in [0, 0.05) is 29.4 Å². The largest absolute Gasteiger partial charge is 0.376 e. The van der Waals surface area contributed by atoms with Crippen LogP contribution in [0.2, 0.25) is 0 Å². The van der Waals surface area contributed by atoms with E-state index in [1.807, 2.05) is 0 Å². The van der Waals surface area contributed by atoms with Gasteiger partial charge in [-0.3, -0.25) is 14.9 Å². The summed E-state index contributed by atoms with van der Waals surface area (Å²) in [4.78, 5) is 35.9. The number of halogens is 1. The fraction of sp³-hybridized carbons (Fsp3) is 0.318. The molecule has 0 saturated heterocycles. The molecule has 1 aliphatic rings. The Morgan fingerprint density at radius 3 is 2.37 bits per heavy atom. The number of benzene rings is 2. The van der Waals surface area contributed by atoms with Crippen LogP contribution in [-0.2, 0) is 11.3 Å². The van der Waals surface area contributed by atoms with Gasteiger partial charge in [0.1, 0.15) is 5.82 Å². The number of rotatable bonds is 7. The van der Waals surface area contributed by atoms with Gasteiger partial charge in [0.15, 0.2) is 0 Å². The van der Waals surface area contributed by atoms with Crippen molar-refractivity contribution >= 4 is 23.5 Å². The zero-order valence-corrected chi connectivity index (χ0v) is 16.5. The lowest BCUT2D eigenvalue weighted by Crippen LogP contribution is -2.45. The molecule has 1 aliphatic carbocycles. The maximum absolute atomic E-state index is 13.6. The summed E-state index contributed by atoms with van der Waals surface area (Å²) in [7, 11) is 0. The minimum Gasteiger partial charge on any atom is -0.376 e. The van der Waals surface area contributed by atoms with E-state index in [9.17, 15) is 18.8 Å². The third kappa shape index (κ3) is 6.30. The molecule has 4 N–H and O–H groups in total. The second kappa shape index (κ2) is 10.4. The van der Waals surface area contributed by atoms with E-state index in [1.165, 1.54) is 6.07 Å². The highest BCUT2D eigenvalue weighted by Crippen LogP contribution is 2.17. The molecule has 3 rings (SSSR count). The Balaban J connectivity index is 1.41. The van der Waals surface area contributed by atoms with E-state index in [0.29, 0.717) is 16.8 Å². The average molecular weight is 412 g/mol. The predicted octanol–water partition coefficient (Wildman–Crippen LogP) is 2.94. The molecule has 4 amide bonds. The minimum absolute atomic E-state index is 0.0725. The van der Waals surface area contributed by atoms with Crippen LogP contribution < -0.4 is 21.3 Å². The van der Waals surface area contributed by atoms with Gasteiger partial charge in [0.25, 0.3) is 5.91 Å². The SMILES string of the molecule is O=C(CNc1ccc(C(=O)NCc2ccccc2F)cc1)NC(=O)NC1CCCC1. The number of carbonyl (C=O) groups excluding carboxylic acids is 3. The molecule has 0 unspecified atom stereocenters. The second-order valence-corrected chi connectivity index (χ2v) is 7.21. The predicted molar refractivity (Wildman–Crippen MR) is 111 cm³/mol. The average Bonchev–Trinajstić information content (AvgIpc) is 3.24. The zero-order chi connectivity index (χ0) is 21.3. The molecule has 7 nitrogen and oxygen atoms in total. The number of amides is 4. The topological polar surface area (TPSA) is 99.3 Å². The standard InChI is InChI=1S/C22H25FN4O3/c23-19-8-4-1-5-16(19)13-25-21(29)15-9-11-17(12-10-15)24-14-20(28)27-22(30)26-18-6-2-3-7-18/h1,4-5,8-12,18,24H,2-3,6-7,13-14H2,(H,25,29)(H2,26,27,28,30). The normalized spacial score (nSPS) is 13.5. The lowest BCUT2D eigenvalue weighted by molar-refractivity contribution is -0.118. The number of anilines is 1. The fourth-order valence-electron chi connectivity index (χ4n) is 3.30. The van der Waals surface area contributed by atoms with Gasteiger partial charge in [0.2, 0.25) is 5.91 Å². The third-order valence-electron chi connectivity index (χ3n) is 4.94. The van der Waals surface area contributed by atoms with Gasteiger partial charge >= 0.3 is 6.03 Å². The molecule has 2 aromatic carbocycles. The van der Waals surface area contributed by atoms with Crippen molar-refractivity contribution in [2.24, 2.45) is 0 Å². The van der Waals surface area contributed by atoms with Crippen LogP contribution in [0, 0.1) is 5.82 Å². The van der Waals surface area contributed by atoms with E-state index in [1.54, 1.807) is 42.5 Å². The van der Waals surface area contributed by atoms with Crippen molar-refractivity contribution in [1.82, 2.24) is 16.0 Å². The van der Waals surface area contributed by atoms with Crippen LogP contribution in [0.5, 0.6) is 0 Å². The molecule has 0 atom stereocenters. The van der Waals surface area contributed by atoms with E-state index in [-0.39, 0.29) is 30.9 Å². The van der Waals surface area contributed by atoms with Crippen molar-refractivity contribution in [3.8, 4) is 0 Å². The summed E-state index contributed by atoms with van der Waals surface area (Å²) in [6.45, 7) is 0.0194. The van der Waals surface area contributed by atoms with Crippen molar-refractivity contribution in [3.05, 3.63) is 65.5 Å². The van der Waals surface area contributed by atoms with Crippen molar-refractivity contribution in [1.29, 1.82) is 0 Å². The van der Waals surface area contributed by atoms with Gasteiger partial charge in [-0.05, 0) is 43.2 Å². The summed E-state index contributed by atoms with van der Waals surface area (Å²) in [5.74, 6) is -1.14. The van der Waals surface area contributed by atoms with Crippen LogP contribution in [0.3, 0.4) is 0 Å². The number of hydrogen-bond acceptors (Lipinski definition) is 4. The molecule has 0 bridgehead atoms. The van der Waals surface area contributed by atoms with Crippen LogP contribution in [0.1, 0.15) is 41.6 Å². The Morgan fingerprint density at radius 2 is 1.67 bits per heavy atom. The first-order chi connectivity index (χ1) is 14.5. The zero-order valence-electron chi connectivity index (χ0n) is 16.5. The highest BCUT2D eigenvalue weighted by molar-refractivity contribution is 5.96. The molecular formula is C22H25FN4O3. The quantitative estimate of drug-likeness (QED) is 0.562. The number of imide groups is 1. The lowest BCUT2D eigenvalue weighted by atomic mass is 10.1. The second-order valence-electron chi connectivity index (χ2n) is 7.21. The van der Waals surface area contributed by atoms with E-state index in [4.69, 9.17) is 0 Å². The molecule has 0 aromatic heterocycles. The molecule has 0 aliphatic heterocycles. The van der Waals surface area contributed by atoms with E-state index >= 15 is 0 Å². The van der Waals surface area contributed by atoms with Gasteiger partial charge in [-0.1, -0.05) is 31.0 Å². The fourth-order valence-corrected chi connectivity index (χ4v) is 3.30. The van der Waals surface area contributed by atoms with Gasteiger partial charge < -0.3 is 16.0 Å².